The van der Waals surface area contributed by atoms with Gasteiger partial charge in [0.05, 0.1) is 6.04 Å². The van der Waals surface area contributed by atoms with Gasteiger partial charge >= 0.3 is 0 Å². The van der Waals surface area contributed by atoms with E-state index in [4.69, 9.17) is 0 Å². The molecule has 5 heteroatoms. The van der Waals surface area contributed by atoms with E-state index >= 15 is 0 Å². The molecule has 0 bridgehead atoms. The summed E-state index contributed by atoms with van der Waals surface area (Å²) in [4.78, 5) is 10.5. The van der Waals surface area contributed by atoms with Crippen molar-refractivity contribution in [3.8, 4) is 0 Å². The number of rotatable bonds is 6. The fourth-order valence-electron chi connectivity index (χ4n) is 2.29. The summed E-state index contributed by atoms with van der Waals surface area (Å²) in [5.41, 5.74) is 1.07. The largest absolute Gasteiger partial charge is 0.373 e. The molecular weight excluding hydrogens is 280 g/mol. The van der Waals surface area contributed by atoms with Gasteiger partial charge in [-0.3, -0.25) is 0 Å². The first-order chi connectivity index (χ1) is 10.1. The lowest BCUT2D eigenvalue weighted by Crippen LogP contribution is -2.18. The van der Waals surface area contributed by atoms with Crippen LogP contribution in [0.5, 0.6) is 0 Å². The van der Waals surface area contributed by atoms with E-state index in [-0.39, 0.29) is 6.04 Å². The summed E-state index contributed by atoms with van der Waals surface area (Å²) in [6, 6.07) is 4.55. The molecule has 0 amide bonds. The van der Waals surface area contributed by atoms with Crippen LogP contribution in [0.15, 0.2) is 17.5 Å². The number of hydrogen-bond donors (Lipinski definition) is 2. The van der Waals surface area contributed by atoms with Crippen molar-refractivity contribution in [3.63, 3.8) is 0 Å². The summed E-state index contributed by atoms with van der Waals surface area (Å²) >= 11 is 1.78. The van der Waals surface area contributed by atoms with Crippen LogP contribution in [0.25, 0.3) is 0 Å². The van der Waals surface area contributed by atoms with Crippen LogP contribution in [0.4, 0.5) is 11.6 Å². The van der Waals surface area contributed by atoms with Gasteiger partial charge < -0.3 is 10.6 Å². The molecule has 0 aliphatic rings. The monoisotopic (exact) mass is 304 g/mol. The highest BCUT2D eigenvalue weighted by Crippen LogP contribution is 2.31. The van der Waals surface area contributed by atoms with Crippen LogP contribution < -0.4 is 10.6 Å². The number of nitrogens with one attached hydrogen (secondary N) is 2. The molecule has 0 saturated heterocycles. The molecule has 1 atom stereocenters. The van der Waals surface area contributed by atoms with Gasteiger partial charge in [-0.15, -0.1) is 11.3 Å². The normalized spacial score (nSPS) is 12.5. The maximum Gasteiger partial charge on any atom is 0.135 e. The quantitative estimate of drug-likeness (QED) is 0.837. The van der Waals surface area contributed by atoms with Gasteiger partial charge in [0, 0.05) is 23.9 Å². The van der Waals surface area contributed by atoms with E-state index in [1.807, 2.05) is 7.05 Å². The lowest BCUT2D eigenvalue weighted by Gasteiger charge is -2.23. The molecule has 0 aliphatic carbocycles. The zero-order chi connectivity index (χ0) is 15.4. The number of thiophene rings is 1. The van der Waals surface area contributed by atoms with Gasteiger partial charge in [-0.1, -0.05) is 26.8 Å². The van der Waals surface area contributed by atoms with E-state index in [9.17, 15) is 0 Å². The number of anilines is 2. The van der Waals surface area contributed by atoms with Crippen LogP contribution in [0.2, 0.25) is 0 Å². The minimum atomic E-state index is 0.271. The fourth-order valence-corrected chi connectivity index (χ4v) is 3.24. The molecule has 2 heterocycles. The van der Waals surface area contributed by atoms with Gasteiger partial charge in [0.25, 0.3) is 0 Å². The Morgan fingerprint density at radius 3 is 2.48 bits per heavy atom. The Bertz CT molecular complexity index is 578. The lowest BCUT2D eigenvalue weighted by atomic mass is 10.0. The van der Waals surface area contributed by atoms with E-state index in [0.717, 1.165) is 29.4 Å². The highest BCUT2D eigenvalue weighted by Gasteiger charge is 2.19. The number of hydrogen-bond acceptors (Lipinski definition) is 5. The van der Waals surface area contributed by atoms with Crippen LogP contribution >= 0.6 is 11.3 Å². The zero-order valence-corrected chi connectivity index (χ0v) is 14.2. The van der Waals surface area contributed by atoms with Crippen molar-refractivity contribution in [1.29, 1.82) is 0 Å². The maximum absolute atomic E-state index is 4.67. The molecule has 2 aromatic rings. The molecule has 21 heavy (non-hydrogen) atoms. The second-order valence-corrected chi connectivity index (χ2v) is 6.43. The van der Waals surface area contributed by atoms with Crippen molar-refractivity contribution < 1.29 is 0 Å². The predicted molar refractivity (Wildman–Crippen MR) is 91.2 cm³/mol. The van der Waals surface area contributed by atoms with Crippen molar-refractivity contribution >= 4 is 23.0 Å². The molecule has 0 radical (unpaired) electrons. The van der Waals surface area contributed by atoms with Crippen LogP contribution in [0.3, 0.4) is 0 Å². The molecule has 1 unspecified atom stereocenters. The molecule has 4 nitrogen and oxygen atoms in total. The van der Waals surface area contributed by atoms with Crippen molar-refractivity contribution in [1.82, 2.24) is 9.97 Å². The van der Waals surface area contributed by atoms with Crippen molar-refractivity contribution in [2.45, 2.75) is 40.2 Å². The first-order valence-corrected chi connectivity index (χ1v) is 8.30. The summed E-state index contributed by atoms with van der Waals surface area (Å²) in [5, 5.41) is 8.90. The standard InChI is InChI=1S/C16H24N4S/c1-6-13-18-15(17-5)11(4)16(19-13)20-14(10(2)3)12-8-7-9-21-12/h7-10,14H,6H2,1-5H3,(H2,17,18,19,20). The molecule has 0 aromatic carbocycles. The third-order valence-electron chi connectivity index (χ3n) is 3.55. The highest BCUT2D eigenvalue weighted by atomic mass is 32.1. The van der Waals surface area contributed by atoms with Crippen LogP contribution in [0, 0.1) is 12.8 Å². The summed E-state index contributed by atoms with van der Waals surface area (Å²) < 4.78 is 0. The third-order valence-corrected chi connectivity index (χ3v) is 4.51. The number of aryl methyl sites for hydroxylation is 1. The SMILES string of the molecule is CCc1nc(NC)c(C)c(NC(c2cccs2)C(C)C)n1. The molecule has 0 aliphatic heterocycles. The smallest absolute Gasteiger partial charge is 0.135 e. The molecule has 2 N–H and O–H groups in total. The van der Waals surface area contributed by atoms with Crippen LogP contribution in [0.1, 0.15) is 43.1 Å². The van der Waals surface area contributed by atoms with Crippen LogP contribution in [-0.2, 0) is 6.42 Å². The van der Waals surface area contributed by atoms with Crippen molar-refractivity contribution in [3.05, 3.63) is 33.8 Å². The van der Waals surface area contributed by atoms with Gasteiger partial charge in [0.1, 0.15) is 17.5 Å². The zero-order valence-electron chi connectivity index (χ0n) is 13.4. The Kier molecular flexibility index (Phi) is 5.17. The Hall–Kier alpha value is -1.62. The van der Waals surface area contributed by atoms with Crippen molar-refractivity contribution in [2.75, 3.05) is 17.7 Å². The first-order valence-electron chi connectivity index (χ1n) is 7.42. The average Bonchev–Trinajstić information content (AvgIpc) is 2.99. The molecular formula is C16H24N4S. The summed E-state index contributed by atoms with van der Waals surface area (Å²) in [7, 11) is 1.90. The van der Waals surface area contributed by atoms with Crippen molar-refractivity contribution in [2.24, 2.45) is 5.92 Å². The molecule has 0 spiro atoms. The molecule has 114 valence electrons. The van der Waals surface area contributed by atoms with Gasteiger partial charge in [-0.2, -0.15) is 0 Å². The summed E-state index contributed by atoms with van der Waals surface area (Å²) in [6.45, 7) is 8.59. The Balaban J connectivity index is 2.36. The minimum absolute atomic E-state index is 0.271. The van der Waals surface area contributed by atoms with E-state index < -0.39 is 0 Å². The number of nitrogens with zero attached hydrogens (tertiary/aromatic N) is 2. The Labute approximate surface area is 131 Å². The topological polar surface area (TPSA) is 49.8 Å². The third kappa shape index (κ3) is 3.53. The second-order valence-electron chi connectivity index (χ2n) is 5.45. The summed E-state index contributed by atoms with van der Waals surface area (Å²) in [5.74, 6) is 3.18. The van der Waals surface area contributed by atoms with Gasteiger partial charge in [-0.05, 0) is 24.3 Å². The summed E-state index contributed by atoms with van der Waals surface area (Å²) in [6.07, 6.45) is 0.828. The van der Waals surface area contributed by atoms with E-state index in [1.165, 1.54) is 4.88 Å². The highest BCUT2D eigenvalue weighted by molar-refractivity contribution is 7.10. The first kappa shape index (κ1) is 15.8. The predicted octanol–water partition coefficient (Wildman–Crippen LogP) is 4.26. The molecule has 2 aromatic heterocycles. The van der Waals surface area contributed by atoms with Crippen LogP contribution in [-0.4, -0.2) is 17.0 Å². The van der Waals surface area contributed by atoms with Gasteiger partial charge in [0.15, 0.2) is 0 Å². The Morgan fingerprint density at radius 1 is 1.24 bits per heavy atom. The molecule has 0 saturated carbocycles. The lowest BCUT2D eigenvalue weighted by molar-refractivity contribution is 0.551. The van der Waals surface area contributed by atoms with E-state index in [0.29, 0.717) is 5.92 Å². The average molecular weight is 304 g/mol. The van der Waals surface area contributed by atoms with E-state index in [2.05, 4.69) is 65.8 Å². The maximum atomic E-state index is 4.67. The number of aromatic nitrogens is 2. The van der Waals surface area contributed by atoms with Gasteiger partial charge in [-0.25, -0.2) is 9.97 Å². The molecule has 2 rings (SSSR count). The minimum Gasteiger partial charge on any atom is -0.373 e. The fraction of sp³-hybridized carbons (Fsp3) is 0.500. The second kappa shape index (κ2) is 6.89. The Morgan fingerprint density at radius 2 is 1.95 bits per heavy atom. The molecule has 0 fully saturated rings. The van der Waals surface area contributed by atoms with E-state index in [1.54, 1.807) is 11.3 Å². The van der Waals surface area contributed by atoms with Gasteiger partial charge in [0.2, 0.25) is 0 Å².